The van der Waals surface area contributed by atoms with E-state index >= 15 is 0 Å². The van der Waals surface area contributed by atoms with Crippen LogP contribution in [-0.2, 0) is 19.1 Å². The minimum atomic E-state index is -0.670. The highest BCUT2D eigenvalue weighted by Gasteiger charge is 2.34. The van der Waals surface area contributed by atoms with Gasteiger partial charge in [-0.15, -0.1) is 0 Å². The first-order chi connectivity index (χ1) is 14.0. The summed E-state index contributed by atoms with van der Waals surface area (Å²) in [7, 11) is 0. The largest absolute Gasteiger partial charge is 0.422 e. The van der Waals surface area contributed by atoms with Crippen LogP contribution in [0.5, 0.6) is 0 Å². The van der Waals surface area contributed by atoms with Gasteiger partial charge in [-0.2, -0.15) is 0 Å². The molecule has 2 aromatic carbocycles. The Hall–Kier alpha value is -3.79. The fraction of sp³-hybridized carbons (Fsp3) is 0.0800. The summed E-state index contributed by atoms with van der Waals surface area (Å²) in [5.74, 6) is -1.56. The summed E-state index contributed by atoms with van der Waals surface area (Å²) in [6.45, 7) is 3.19. The number of ketones is 2. The molecular weight excluding hydrogens is 364 g/mol. The van der Waals surface area contributed by atoms with Crippen LogP contribution in [0.25, 0.3) is 12.2 Å². The molecule has 0 saturated carbocycles. The van der Waals surface area contributed by atoms with Crippen molar-refractivity contribution < 1.29 is 19.1 Å². The molecule has 0 aliphatic heterocycles. The number of benzene rings is 2. The topological polar surface area (TPSA) is 60.4 Å². The third-order valence-corrected chi connectivity index (χ3v) is 4.59. The van der Waals surface area contributed by atoms with E-state index in [1.54, 1.807) is 26.0 Å². The van der Waals surface area contributed by atoms with Gasteiger partial charge in [-0.25, -0.2) is 4.79 Å². The van der Waals surface area contributed by atoms with Gasteiger partial charge in [-0.1, -0.05) is 66.7 Å². The molecular formula is C25H20O4. The summed E-state index contributed by atoms with van der Waals surface area (Å²) in [6.07, 6.45) is 6.06. The van der Waals surface area contributed by atoms with Gasteiger partial charge >= 0.3 is 5.97 Å². The zero-order valence-electron chi connectivity index (χ0n) is 16.2. The highest BCUT2D eigenvalue weighted by molar-refractivity contribution is 6.38. The van der Waals surface area contributed by atoms with Gasteiger partial charge in [0.25, 0.3) is 0 Å². The van der Waals surface area contributed by atoms with Crippen molar-refractivity contribution in [1.82, 2.24) is 0 Å². The Balaban J connectivity index is 1.92. The van der Waals surface area contributed by atoms with Gasteiger partial charge in [0, 0.05) is 17.2 Å². The number of ether oxygens (including phenoxy) is 1. The smallest absolute Gasteiger partial charge is 0.336 e. The van der Waals surface area contributed by atoms with Gasteiger partial charge in [0.1, 0.15) is 11.3 Å². The normalized spacial score (nSPS) is 14.3. The molecule has 0 amide bonds. The second kappa shape index (κ2) is 8.93. The van der Waals surface area contributed by atoms with Gasteiger partial charge in [-0.3, -0.25) is 9.59 Å². The number of carbonyl (C=O) groups excluding carboxylic acids is 3. The highest BCUT2D eigenvalue weighted by Crippen LogP contribution is 2.28. The summed E-state index contributed by atoms with van der Waals surface area (Å²) in [6, 6.07) is 18.6. The lowest BCUT2D eigenvalue weighted by atomic mass is 10.1. The Morgan fingerprint density at radius 3 is 1.66 bits per heavy atom. The molecule has 0 spiro atoms. The molecule has 4 heteroatoms. The summed E-state index contributed by atoms with van der Waals surface area (Å²) in [5, 5.41) is 0. The van der Waals surface area contributed by atoms with E-state index < -0.39 is 17.5 Å². The van der Waals surface area contributed by atoms with E-state index in [1.807, 2.05) is 60.7 Å². The molecule has 0 aromatic heterocycles. The van der Waals surface area contributed by atoms with Gasteiger partial charge in [0.05, 0.1) is 0 Å². The first-order valence-electron chi connectivity index (χ1n) is 9.16. The van der Waals surface area contributed by atoms with Gasteiger partial charge < -0.3 is 4.74 Å². The lowest BCUT2D eigenvalue weighted by molar-refractivity contribution is -0.133. The predicted octanol–water partition coefficient (Wildman–Crippen LogP) is 4.70. The predicted molar refractivity (Wildman–Crippen MR) is 112 cm³/mol. The first-order valence-corrected chi connectivity index (χ1v) is 9.16. The van der Waals surface area contributed by atoms with Gasteiger partial charge in [0.2, 0.25) is 0 Å². The van der Waals surface area contributed by atoms with E-state index in [4.69, 9.17) is 4.74 Å². The van der Waals surface area contributed by atoms with Crippen LogP contribution in [0.2, 0.25) is 0 Å². The van der Waals surface area contributed by atoms with Crippen molar-refractivity contribution >= 4 is 29.7 Å². The van der Waals surface area contributed by atoms with Crippen molar-refractivity contribution in [3.63, 3.8) is 0 Å². The summed E-state index contributed by atoms with van der Waals surface area (Å²) in [4.78, 5) is 37.5. The van der Waals surface area contributed by atoms with E-state index in [0.717, 1.165) is 11.1 Å². The maximum absolute atomic E-state index is 12.6. The minimum Gasteiger partial charge on any atom is -0.422 e. The van der Waals surface area contributed by atoms with Crippen molar-refractivity contribution in [2.75, 3.05) is 0 Å². The number of hydrogen-bond acceptors (Lipinski definition) is 4. The van der Waals surface area contributed by atoms with Crippen LogP contribution in [-0.4, -0.2) is 17.5 Å². The Morgan fingerprint density at radius 1 is 0.724 bits per heavy atom. The van der Waals surface area contributed by atoms with Crippen molar-refractivity contribution in [1.29, 1.82) is 0 Å². The lowest BCUT2D eigenvalue weighted by Crippen LogP contribution is -2.11. The van der Waals surface area contributed by atoms with Crippen LogP contribution in [0.15, 0.2) is 95.3 Å². The summed E-state index contributed by atoms with van der Waals surface area (Å²) in [5.41, 5.74) is 2.30. The van der Waals surface area contributed by atoms with E-state index in [9.17, 15) is 14.4 Å². The van der Waals surface area contributed by atoms with E-state index in [2.05, 4.69) is 0 Å². The number of esters is 1. The maximum atomic E-state index is 12.6. The van der Waals surface area contributed by atoms with Crippen LogP contribution >= 0.6 is 0 Å². The molecule has 3 rings (SSSR count). The van der Waals surface area contributed by atoms with E-state index in [-0.39, 0.29) is 11.3 Å². The molecule has 0 atom stereocenters. The molecule has 0 N–H and O–H groups in total. The second-order valence-corrected chi connectivity index (χ2v) is 6.56. The Morgan fingerprint density at radius 2 is 1.17 bits per heavy atom. The molecule has 1 aliphatic rings. The lowest BCUT2D eigenvalue weighted by Gasteiger charge is -2.06. The molecule has 0 heterocycles. The fourth-order valence-corrected chi connectivity index (χ4v) is 2.82. The van der Waals surface area contributed by atoms with Crippen LogP contribution in [0, 0.1) is 0 Å². The Kier molecular flexibility index (Phi) is 6.15. The third kappa shape index (κ3) is 4.74. The van der Waals surface area contributed by atoms with E-state index in [1.165, 1.54) is 12.2 Å². The number of rotatable bonds is 5. The van der Waals surface area contributed by atoms with Crippen molar-refractivity contribution in [2.45, 2.75) is 13.8 Å². The van der Waals surface area contributed by atoms with Crippen LogP contribution < -0.4 is 0 Å². The SMILES string of the molecule is CC1=C(C)C(=O)C(=C(C=Cc2ccccc2)OC(=O)C=Cc2ccccc2)C1=O. The number of carbonyl (C=O) groups is 3. The third-order valence-electron chi connectivity index (χ3n) is 4.59. The molecule has 144 valence electrons. The number of Topliss-reactive ketones (excluding diaryl/α,β-unsaturated/α-hetero) is 2. The van der Waals surface area contributed by atoms with Crippen LogP contribution in [0.4, 0.5) is 0 Å². The molecule has 0 saturated heterocycles. The number of allylic oxidation sites excluding steroid dienone is 4. The zero-order chi connectivity index (χ0) is 20.8. The zero-order valence-corrected chi connectivity index (χ0v) is 16.2. The van der Waals surface area contributed by atoms with Crippen LogP contribution in [0.3, 0.4) is 0 Å². The minimum absolute atomic E-state index is 0.0530. The van der Waals surface area contributed by atoms with Crippen LogP contribution in [0.1, 0.15) is 25.0 Å². The molecule has 0 bridgehead atoms. The summed E-state index contributed by atoms with van der Waals surface area (Å²) >= 11 is 0. The second-order valence-electron chi connectivity index (χ2n) is 6.56. The summed E-state index contributed by atoms with van der Waals surface area (Å²) < 4.78 is 5.41. The quantitative estimate of drug-likeness (QED) is 0.324. The van der Waals surface area contributed by atoms with Crippen molar-refractivity contribution in [3.8, 4) is 0 Å². The van der Waals surface area contributed by atoms with E-state index in [0.29, 0.717) is 11.1 Å². The van der Waals surface area contributed by atoms with Crippen molar-refractivity contribution in [3.05, 3.63) is 106 Å². The average Bonchev–Trinajstić information content (AvgIpc) is 2.94. The first kappa shape index (κ1) is 20.0. The average molecular weight is 384 g/mol. The monoisotopic (exact) mass is 384 g/mol. The highest BCUT2D eigenvalue weighted by atomic mass is 16.5. The fourth-order valence-electron chi connectivity index (χ4n) is 2.82. The molecule has 0 fully saturated rings. The van der Waals surface area contributed by atoms with Gasteiger partial charge in [-0.05, 0) is 37.1 Å². The molecule has 4 nitrogen and oxygen atoms in total. The molecule has 2 aromatic rings. The molecule has 1 aliphatic carbocycles. The Labute approximate surface area is 169 Å². The standard InChI is InChI=1S/C25H20O4/c1-17-18(2)25(28)23(24(17)27)21(15-13-19-9-5-3-6-10-19)29-22(26)16-14-20-11-7-4-8-12-20/h3-16H,1-2H3. The number of hydrogen-bond donors (Lipinski definition) is 0. The van der Waals surface area contributed by atoms with Gasteiger partial charge in [0.15, 0.2) is 11.6 Å². The van der Waals surface area contributed by atoms with Crippen molar-refractivity contribution in [2.24, 2.45) is 0 Å². The maximum Gasteiger partial charge on any atom is 0.336 e. The molecule has 0 radical (unpaired) electrons. The Bertz CT molecular complexity index is 1040. The molecule has 0 unspecified atom stereocenters. The molecule has 29 heavy (non-hydrogen) atoms.